The molecule has 2 atom stereocenters. The monoisotopic (exact) mass is 438 g/mol. The molecule has 2 aromatic rings. The van der Waals surface area contributed by atoms with Gasteiger partial charge in [0.25, 0.3) is 0 Å². The fourth-order valence-corrected chi connectivity index (χ4v) is 4.12. The van der Waals surface area contributed by atoms with Gasteiger partial charge in [0, 0.05) is 26.1 Å². The van der Waals surface area contributed by atoms with Crippen LogP contribution in [0, 0.1) is 5.92 Å². The molecule has 2 amide bonds. The molecule has 0 unspecified atom stereocenters. The van der Waals surface area contributed by atoms with Crippen LogP contribution in [0.2, 0.25) is 0 Å². The maximum atomic E-state index is 13.5. The standard InChI is InChI=1S/C25H30N2O5/c1-3-26(16-21(24(30)32-4-2)14-18-10-6-5-7-11-18)25(31)27-17-20-13-9-8-12-19(20)15-22(27)23(28)29/h5-13,21-22H,3-4,14-17H2,1-2H3,(H,28,29)/t21-,22-/m0/s1. The van der Waals surface area contributed by atoms with Crippen molar-refractivity contribution >= 4 is 18.0 Å². The molecule has 0 aliphatic carbocycles. The maximum absolute atomic E-state index is 13.5. The number of amides is 2. The molecule has 1 aliphatic heterocycles. The Bertz CT molecular complexity index is 946. The third kappa shape index (κ3) is 5.46. The predicted octanol–water partition coefficient (Wildman–Crippen LogP) is 3.36. The number of carbonyl (C=O) groups is 3. The third-order valence-electron chi connectivity index (χ3n) is 5.82. The van der Waals surface area contributed by atoms with Crippen LogP contribution in [0.5, 0.6) is 0 Å². The SMILES string of the molecule is CCOC(=O)[C@@H](Cc1ccccc1)CN(CC)C(=O)N1Cc2ccccc2C[C@H]1C(=O)O. The van der Waals surface area contributed by atoms with Gasteiger partial charge in [0.1, 0.15) is 6.04 Å². The highest BCUT2D eigenvalue weighted by atomic mass is 16.5. The number of carbonyl (C=O) groups excluding carboxylic acids is 2. The molecule has 0 bridgehead atoms. The van der Waals surface area contributed by atoms with Crippen LogP contribution in [-0.4, -0.2) is 58.6 Å². The first-order valence-electron chi connectivity index (χ1n) is 11.0. The number of hydrogen-bond acceptors (Lipinski definition) is 4. The fourth-order valence-electron chi connectivity index (χ4n) is 4.12. The largest absolute Gasteiger partial charge is 0.480 e. The Morgan fingerprint density at radius 2 is 1.72 bits per heavy atom. The molecule has 0 radical (unpaired) electrons. The molecule has 3 rings (SSSR count). The van der Waals surface area contributed by atoms with Crippen LogP contribution >= 0.6 is 0 Å². The minimum Gasteiger partial charge on any atom is -0.480 e. The highest BCUT2D eigenvalue weighted by Crippen LogP contribution is 2.25. The van der Waals surface area contributed by atoms with Crippen molar-refractivity contribution in [2.24, 2.45) is 5.92 Å². The lowest BCUT2D eigenvalue weighted by Gasteiger charge is -2.38. The number of benzene rings is 2. The van der Waals surface area contributed by atoms with Gasteiger partial charge in [-0.25, -0.2) is 9.59 Å². The zero-order valence-corrected chi connectivity index (χ0v) is 18.6. The van der Waals surface area contributed by atoms with Crippen molar-refractivity contribution in [1.29, 1.82) is 0 Å². The van der Waals surface area contributed by atoms with Crippen LogP contribution < -0.4 is 0 Å². The number of hydrogen-bond donors (Lipinski definition) is 1. The number of nitrogens with zero attached hydrogens (tertiary/aromatic N) is 2. The van der Waals surface area contributed by atoms with Gasteiger partial charge in [0.15, 0.2) is 0 Å². The average Bonchev–Trinajstić information content (AvgIpc) is 2.81. The number of ether oxygens (including phenoxy) is 1. The lowest BCUT2D eigenvalue weighted by atomic mass is 9.94. The molecule has 2 aromatic carbocycles. The van der Waals surface area contributed by atoms with Gasteiger partial charge in [-0.05, 0) is 37.0 Å². The number of carboxylic acids is 1. The summed E-state index contributed by atoms with van der Waals surface area (Å²) in [6.45, 7) is 4.58. The first-order chi connectivity index (χ1) is 15.4. The highest BCUT2D eigenvalue weighted by molar-refractivity contribution is 5.84. The molecule has 1 aliphatic rings. The second kappa shape index (κ2) is 10.8. The molecule has 7 heteroatoms. The average molecular weight is 439 g/mol. The summed E-state index contributed by atoms with van der Waals surface area (Å²) in [5, 5.41) is 9.79. The molecule has 0 saturated heterocycles. The van der Waals surface area contributed by atoms with E-state index < -0.39 is 17.9 Å². The Hall–Kier alpha value is -3.35. The van der Waals surface area contributed by atoms with E-state index in [9.17, 15) is 19.5 Å². The minimum absolute atomic E-state index is 0.160. The smallest absolute Gasteiger partial charge is 0.326 e. The molecule has 32 heavy (non-hydrogen) atoms. The summed E-state index contributed by atoms with van der Waals surface area (Å²) < 4.78 is 5.27. The van der Waals surface area contributed by atoms with Gasteiger partial charge in [-0.1, -0.05) is 54.6 Å². The van der Waals surface area contributed by atoms with E-state index in [2.05, 4.69) is 0 Å². The lowest BCUT2D eigenvalue weighted by Crippen LogP contribution is -2.54. The first kappa shape index (κ1) is 23.3. The van der Waals surface area contributed by atoms with Gasteiger partial charge in [0.05, 0.1) is 12.5 Å². The normalized spacial score (nSPS) is 16.1. The molecule has 0 saturated carbocycles. The van der Waals surface area contributed by atoms with Crippen molar-refractivity contribution in [2.45, 2.75) is 39.3 Å². The van der Waals surface area contributed by atoms with Crippen LogP contribution in [0.15, 0.2) is 54.6 Å². The number of carboxylic acid groups (broad SMARTS) is 1. The summed E-state index contributed by atoms with van der Waals surface area (Å²) in [6.07, 6.45) is 0.703. The minimum atomic E-state index is -1.03. The van der Waals surface area contributed by atoms with Gasteiger partial charge < -0.3 is 19.6 Å². The Kier molecular flexibility index (Phi) is 7.87. The Morgan fingerprint density at radius 1 is 1.06 bits per heavy atom. The second-order valence-corrected chi connectivity index (χ2v) is 7.91. The highest BCUT2D eigenvalue weighted by Gasteiger charge is 2.37. The summed E-state index contributed by atoms with van der Waals surface area (Å²) >= 11 is 0. The Labute approximate surface area is 188 Å². The van der Waals surface area contributed by atoms with Crippen LogP contribution in [0.4, 0.5) is 4.79 Å². The second-order valence-electron chi connectivity index (χ2n) is 7.91. The van der Waals surface area contributed by atoms with E-state index in [0.29, 0.717) is 13.0 Å². The van der Waals surface area contributed by atoms with Crippen LogP contribution in [0.25, 0.3) is 0 Å². The van der Waals surface area contributed by atoms with Gasteiger partial charge in [-0.3, -0.25) is 4.79 Å². The van der Waals surface area contributed by atoms with E-state index in [4.69, 9.17) is 4.74 Å². The Morgan fingerprint density at radius 3 is 2.34 bits per heavy atom. The van der Waals surface area contributed by atoms with Gasteiger partial charge >= 0.3 is 18.0 Å². The Balaban J connectivity index is 1.81. The number of esters is 1. The summed E-state index contributed by atoms with van der Waals surface area (Å²) in [5.41, 5.74) is 2.87. The van der Waals surface area contributed by atoms with Crippen molar-refractivity contribution in [2.75, 3.05) is 19.7 Å². The van der Waals surface area contributed by atoms with E-state index in [1.807, 2.05) is 61.5 Å². The van der Waals surface area contributed by atoms with Crippen LogP contribution in [0.1, 0.15) is 30.5 Å². The molecule has 170 valence electrons. The topological polar surface area (TPSA) is 87.2 Å². The summed E-state index contributed by atoms with van der Waals surface area (Å²) in [4.78, 5) is 41.0. The zero-order valence-electron chi connectivity index (χ0n) is 18.6. The van der Waals surface area contributed by atoms with Crippen molar-refractivity contribution < 1.29 is 24.2 Å². The van der Waals surface area contributed by atoms with Gasteiger partial charge in [-0.15, -0.1) is 0 Å². The third-order valence-corrected chi connectivity index (χ3v) is 5.82. The molecule has 0 spiro atoms. The number of aliphatic carboxylic acids is 1. The zero-order chi connectivity index (χ0) is 23.1. The molecule has 0 aromatic heterocycles. The number of rotatable bonds is 8. The molecule has 7 nitrogen and oxygen atoms in total. The number of urea groups is 1. The van der Waals surface area contributed by atoms with E-state index in [-0.39, 0.29) is 38.1 Å². The predicted molar refractivity (Wildman–Crippen MR) is 120 cm³/mol. The van der Waals surface area contributed by atoms with Crippen molar-refractivity contribution in [3.63, 3.8) is 0 Å². The maximum Gasteiger partial charge on any atom is 0.326 e. The summed E-state index contributed by atoms with van der Waals surface area (Å²) in [7, 11) is 0. The van der Waals surface area contributed by atoms with E-state index in [1.54, 1.807) is 11.8 Å². The molecule has 1 N–H and O–H groups in total. The van der Waals surface area contributed by atoms with Crippen molar-refractivity contribution in [3.8, 4) is 0 Å². The van der Waals surface area contributed by atoms with Crippen LogP contribution in [0.3, 0.4) is 0 Å². The molecular formula is C25H30N2O5. The van der Waals surface area contributed by atoms with E-state index >= 15 is 0 Å². The van der Waals surface area contributed by atoms with Gasteiger partial charge in [0.2, 0.25) is 0 Å². The van der Waals surface area contributed by atoms with Gasteiger partial charge in [-0.2, -0.15) is 0 Å². The summed E-state index contributed by atoms with van der Waals surface area (Å²) in [6, 6.07) is 15.9. The van der Waals surface area contributed by atoms with Crippen molar-refractivity contribution in [3.05, 3.63) is 71.3 Å². The van der Waals surface area contributed by atoms with Crippen LogP contribution in [-0.2, 0) is 33.7 Å². The molecule has 1 heterocycles. The molecule has 0 fully saturated rings. The van der Waals surface area contributed by atoms with E-state index in [0.717, 1.165) is 16.7 Å². The van der Waals surface area contributed by atoms with E-state index in [1.165, 1.54) is 4.90 Å². The molecular weight excluding hydrogens is 408 g/mol. The number of fused-ring (bicyclic) bond motifs is 1. The van der Waals surface area contributed by atoms with Crippen molar-refractivity contribution in [1.82, 2.24) is 9.80 Å². The quantitative estimate of drug-likeness (QED) is 0.639. The lowest BCUT2D eigenvalue weighted by molar-refractivity contribution is -0.149. The first-order valence-corrected chi connectivity index (χ1v) is 11.0. The fraction of sp³-hybridized carbons (Fsp3) is 0.400. The summed E-state index contributed by atoms with van der Waals surface area (Å²) in [5.74, 6) is -1.93.